The summed E-state index contributed by atoms with van der Waals surface area (Å²) in [5.74, 6) is -1.10. The first-order valence-electron chi connectivity index (χ1n) is 7.59. The lowest BCUT2D eigenvalue weighted by molar-refractivity contribution is -0.119. The highest BCUT2D eigenvalue weighted by Crippen LogP contribution is 2.21. The molecule has 1 heterocycles. The van der Waals surface area contributed by atoms with Gasteiger partial charge < -0.3 is 20.8 Å². The molecule has 0 aliphatic heterocycles. The van der Waals surface area contributed by atoms with E-state index < -0.39 is 5.91 Å². The van der Waals surface area contributed by atoms with Crippen molar-refractivity contribution >= 4 is 28.5 Å². The second-order valence-electron chi connectivity index (χ2n) is 5.47. The number of nitrogens with two attached hydrogens (primary N) is 1. The van der Waals surface area contributed by atoms with Crippen molar-refractivity contribution in [2.75, 3.05) is 11.9 Å². The Morgan fingerprint density at radius 3 is 2.60 bits per heavy atom. The summed E-state index contributed by atoms with van der Waals surface area (Å²) in [6.07, 6.45) is 1.50. The van der Waals surface area contributed by atoms with E-state index in [9.17, 15) is 14.0 Å². The second kappa shape index (κ2) is 7.04. The third-order valence-corrected chi connectivity index (χ3v) is 3.71. The zero-order valence-corrected chi connectivity index (χ0v) is 13.2. The van der Waals surface area contributed by atoms with Crippen LogP contribution in [0.5, 0.6) is 0 Å². The average Bonchev–Trinajstić information content (AvgIpc) is 3.00. The number of anilines is 1. The normalized spacial score (nSPS) is 10.6. The van der Waals surface area contributed by atoms with Gasteiger partial charge in [-0.15, -0.1) is 0 Å². The van der Waals surface area contributed by atoms with Crippen LogP contribution in [0.15, 0.2) is 53.1 Å². The van der Waals surface area contributed by atoms with E-state index in [1.807, 2.05) is 0 Å². The quantitative estimate of drug-likeness (QED) is 0.641. The molecule has 0 bridgehead atoms. The first-order chi connectivity index (χ1) is 12.0. The SMILES string of the molecule is NC(=O)c1ccc(NCC(=O)NCc2coc3ccc(F)cc23)cc1. The van der Waals surface area contributed by atoms with E-state index in [2.05, 4.69) is 10.6 Å². The third kappa shape index (κ3) is 3.95. The Kier molecular flexibility index (Phi) is 4.65. The van der Waals surface area contributed by atoms with Crippen LogP contribution in [0.3, 0.4) is 0 Å². The molecule has 0 saturated heterocycles. The number of fused-ring (bicyclic) bond motifs is 1. The number of nitrogens with one attached hydrogen (secondary N) is 2. The third-order valence-electron chi connectivity index (χ3n) is 3.71. The van der Waals surface area contributed by atoms with E-state index in [-0.39, 0.29) is 24.8 Å². The minimum absolute atomic E-state index is 0.0556. The van der Waals surface area contributed by atoms with Gasteiger partial charge in [-0.25, -0.2) is 4.39 Å². The second-order valence-corrected chi connectivity index (χ2v) is 5.47. The smallest absolute Gasteiger partial charge is 0.248 e. The molecule has 3 rings (SSSR count). The van der Waals surface area contributed by atoms with Gasteiger partial charge in [0.1, 0.15) is 11.4 Å². The van der Waals surface area contributed by atoms with Crippen molar-refractivity contribution in [3.63, 3.8) is 0 Å². The molecule has 2 aromatic carbocycles. The predicted octanol–water partition coefficient (Wildman–Crippen LogP) is 2.40. The molecule has 1 aromatic heterocycles. The van der Waals surface area contributed by atoms with E-state index in [1.54, 1.807) is 30.3 Å². The first kappa shape index (κ1) is 16.5. The van der Waals surface area contributed by atoms with Gasteiger partial charge in [-0.05, 0) is 42.5 Å². The maximum Gasteiger partial charge on any atom is 0.248 e. The van der Waals surface area contributed by atoms with Crippen LogP contribution in [0, 0.1) is 5.82 Å². The molecule has 0 spiro atoms. The molecule has 0 saturated carbocycles. The number of halogens is 1. The van der Waals surface area contributed by atoms with Crippen molar-refractivity contribution in [3.8, 4) is 0 Å². The molecule has 0 atom stereocenters. The van der Waals surface area contributed by atoms with Gasteiger partial charge in [0.15, 0.2) is 0 Å². The monoisotopic (exact) mass is 341 g/mol. The van der Waals surface area contributed by atoms with Gasteiger partial charge >= 0.3 is 0 Å². The van der Waals surface area contributed by atoms with Crippen LogP contribution in [0.4, 0.5) is 10.1 Å². The first-order valence-corrected chi connectivity index (χ1v) is 7.59. The number of carbonyl (C=O) groups excluding carboxylic acids is 2. The fraction of sp³-hybridized carbons (Fsp3) is 0.111. The van der Waals surface area contributed by atoms with E-state index >= 15 is 0 Å². The number of hydrogen-bond donors (Lipinski definition) is 3. The molecule has 0 aliphatic rings. The molecule has 7 heteroatoms. The maximum atomic E-state index is 13.3. The summed E-state index contributed by atoms with van der Waals surface area (Å²) in [5, 5.41) is 6.31. The van der Waals surface area contributed by atoms with Gasteiger partial charge in [-0.1, -0.05) is 0 Å². The summed E-state index contributed by atoms with van der Waals surface area (Å²) < 4.78 is 18.6. The van der Waals surface area contributed by atoms with Crippen molar-refractivity contribution in [1.82, 2.24) is 5.32 Å². The standard InChI is InChI=1S/C18H16FN3O3/c19-13-3-6-16-15(7-13)12(10-25-16)8-22-17(23)9-21-14-4-1-11(2-5-14)18(20)24/h1-7,10,21H,8-9H2,(H2,20,24)(H,22,23). The molecule has 2 amide bonds. The van der Waals surface area contributed by atoms with E-state index in [4.69, 9.17) is 10.2 Å². The van der Waals surface area contributed by atoms with Crippen molar-refractivity contribution in [3.05, 3.63) is 65.7 Å². The van der Waals surface area contributed by atoms with Crippen LogP contribution in [0.25, 0.3) is 11.0 Å². The zero-order chi connectivity index (χ0) is 17.8. The van der Waals surface area contributed by atoms with E-state index in [0.717, 1.165) is 0 Å². The molecule has 0 fully saturated rings. The molecular formula is C18H16FN3O3. The average molecular weight is 341 g/mol. The van der Waals surface area contributed by atoms with Gasteiger partial charge in [-0.3, -0.25) is 9.59 Å². The Hall–Kier alpha value is -3.35. The number of amides is 2. The molecule has 0 radical (unpaired) electrons. The number of rotatable bonds is 6. The van der Waals surface area contributed by atoms with Crippen LogP contribution in [0.1, 0.15) is 15.9 Å². The van der Waals surface area contributed by atoms with Crippen LogP contribution in [-0.4, -0.2) is 18.4 Å². The van der Waals surface area contributed by atoms with Crippen LogP contribution in [0.2, 0.25) is 0 Å². The van der Waals surface area contributed by atoms with Gasteiger partial charge in [0.2, 0.25) is 11.8 Å². The number of benzene rings is 2. The number of carbonyl (C=O) groups is 2. The zero-order valence-electron chi connectivity index (χ0n) is 13.2. The van der Waals surface area contributed by atoms with Crippen molar-refractivity contribution in [1.29, 1.82) is 0 Å². The Labute approximate surface area is 142 Å². The minimum Gasteiger partial charge on any atom is -0.464 e. The van der Waals surface area contributed by atoms with Crippen molar-refractivity contribution < 1.29 is 18.4 Å². The molecule has 4 N–H and O–H groups in total. The van der Waals surface area contributed by atoms with Gasteiger partial charge in [0, 0.05) is 28.7 Å². The maximum absolute atomic E-state index is 13.3. The number of hydrogen-bond acceptors (Lipinski definition) is 4. The Morgan fingerprint density at radius 1 is 1.12 bits per heavy atom. The largest absolute Gasteiger partial charge is 0.464 e. The minimum atomic E-state index is -0.506. The van der Waals surface area contributed by atoms with Crippen LogP contribution in [-0.2, 0) is 11.3 Å². The summed E-state index contributed by atoms with van der Waals surface area (Å²) in [5.41, 5.74) is 7.52. The Bertz CT molecular complexity index is 919. The molecule has 128 valence electrons. The highest BCUT2D eigenvalue weighted by molar-refractivity contribution is 5.93. The summed E-state index contributed by atoms with van der Waals surface area (Å²) >= 11 is 0. The molecule has 6 nitrogen and oxygen atoms in total. The summed E-state index contributed by atoms with van der Waals surface area (Å²) in [6, 6.07) is 10.7. The summed E-state index contributed by atoms with van der Waals surface area (Å²) in [4.78, 5) is 22.9. The molecule has 0 aliphatic carbocycles. The molecule has 0 unspecified atom stereocenters. The lowest BCUT2D eigenvalue weighted by Crippen LogP contribution is -2.29. The molecule has 3 aromatic rings. The number of furan rings is 1. The highest BCUT2D eigenvalue weighted by Gasteiger charge is 2.09. The topological polar surface area (TPSA) is 97.4 Å². The summed E-state index contributed by atoms with van der Waals surface area (Å²) in [7, 11) is 0. The van der Waals surface area contributed by atoms with Crippen LogP contribution < -0.4 is 16.4 Å². The van der Waals surface area contributed by atoms with Crippen molar-refractivity contribution in [2.24, 2.45) is 5.73 Å². The van der Waals surface area contributed by atoms with E-state index in [0.29, 0.717) is 27.8 Å². The van der Waals surface area contributed by atoms with Crippen molar-refractivity contribution in [2.45, 2.75) is 6.54 Å². The van der Waals surface area contributed by atoms with Gasteiger partial charge in [-0.2, -0.15) is 0 Å². The fourth-order valence-corrected chi connectivity index (χ4v) is 2.38. The van der Waals surface area contributed by atoms with E-state index in [1.165, 1.54) is 18.4 Å². The molecular weight excluding hydrogens is 325 g/mol. The molecule has 25 heavy (non-hydrogen) atoms. The lowest BCUT2D eigenvalue weighted by atomic mass is 10.1. The van der Waals surface area contributed by atoms with Crippen LogP contribution >= 0.6 is 0 Å². The summed E-state index contributed by atoms with van der Waals surface area (Å²) in [6.45, 7) is 0.289. The number of primary amides is 1. The lowest BCUT2D eigenvalue weighted by Gasteiger charge is -2.07. The Morgan fingerprint density at radius 2 is 1.88 bits per heavy atom. The van der Waals surface area contributed by atoms with Gasteiger partial charge in [0.05, 0.1) is 12.8 Å². The van der Waals surface area contributed by atoms with Gasteiger partial charge in [0.25, 0.3) is 0 Å². The highest BCUT2D eigenvalue weighted by atomic mass is 19.1. The predicted molar refractivity (Wildman–Crippen MR) is 91.5 cm³/mol. The Balaban J connectivity index is 1.54. The fourth-order valence-electron chi connectivity index (χ4n) is 2.38.